The van der Waals surface area contributed by atoms with Crippen molar-refractivity contribution in [1.82, 2.24) is 0 Å². The Bertz CT molecular complexity index is 126. The fourth-order valence-corrected chi connectivity index (χ4v) is 1.85. The van der Waals surface area contributed by atoms with Gasteiger partial charge >= 0.3 is 0 Å². The third-order valence-electron chi connectivity index (χ3n) is 0.892. The molecular formula is C4H11NaO2PS2. The van der Waals surface area contributed by atoms with Gasteiger partial charge in [0.05, 0.1) is 6.10 Å². The Hall–Kier alpha value is 1.92. The fraction of sp³-hybridized carbons (Fsp3) is 1.00. The predicted octanol–water partition coefficient (Wildman–Crippen LogP) is 1.57. The first-order valence-electron chi connectivity index (χ1n) is 2.69. The van der Waals surface area contributed by atoms with Gasteiger partial charge in [-0.2, -0.15) is 0 Å². The van der Waals surface area contributed by atoms with Crippen LogP contribution in [0.2, 0.25) is 0 Å². The van der Waals surface area contributed by atoms with Crippen molar-refractivity contribution in [3.63, 3.8) is 0 Å². The average molecular weight is 209 g/mol. The minimum absolute atomic E-state index is 0. The van der Waals surface area contributed by atoms with E-state index in [4.69, 9.17) is 9.42 Å². The molecule has 0 fully saturated rings. The normalized spacial score (nSPS) is 18.8. The summed E-state index contributed by atoms with van der Waals surface area (Å²) in [6, 6.07) is 0. The van der Waals surface area contributed by atoms with Crippen LogP contribution >= 0.6 is 17.9 Å². The van der Waals surface area contributed by atoms with Crippen molar-refractivity contribution in [3.8, 4) is 0 Å². The summed E-state index contributed by atoms with van der Waals surface area (Å²) in [4.78, 5) is 8.89. The minimum atomic E-state index is -2.71. The minimum Gasteiger partial charge on any atom is -0.338 e. The Morgan fingerprint density at radius 3 is 2.30 bits per heavy atom. The molecule has 0 heterocycles. The maximum Gasteiger partial charge on any atom is 0.241 e. The van der Waals surface area contributed by atoms with Crippen molar-refractivity contribution >= 4 is 59.3 Å². The monoisotopic (exact) mass is 209 g/mol. The first-order chi connectivity index (χ1) is 3.95. The van der Waals surface area contributed by atoms with Gasteiger partial charge in [0.2, 0.25) is 5.69 Å². The Kier molecular flexibility index (Phi) is 9.30. The Morgan fingerprint density at radius 1 is 1.80 bits per heavy atom. The first kappa shape index (κ1) is 14.4. The van der Waals surface area contributed by atoms with Crippen LogP contribution in [0.1, 0.15) is 20.3 Å². The summed E-state index contributed by atoms with van der Waals surface area (Å²) in [5.41, 5.74) is -2.71. The van der Waals surface area contributed by atoms with Gasteiger partial charge in [0.15, 0.2) is 0 Å². The van der Waals surface area contributed by atoms with Gasteiger partial charge < -0.3 is 9.42 Å². The van der Waals surface area contributed by atoms with Crippen LogP contribution in [0.25, 0.3) is 0 Å². The Labute approximate surface area is 94.4 Å². The molecule has 0 amide bonds. The smallest absolute Gasteiger partial charge is 0.241 e. The Morgan fingerprint density at radius 2 is 2.20 bits per heavy atom. The molecule has 6 heteroatoms. The second-order valence-corrected chi connectivity index (χ2v) is 6.93. The van der Waals surface area contributed by atoms with E-state index < -0.39 is 5.69 Å². The van der Waals surface area contributed by atoms with Crippen LogP contribution in [0.5, 0.6) is 0 Å². The fourth-order valence-electron chi connectivity index (χ4n) is 0.309. The van der Waals surface area contributed by atoms with Gasteiger partial charge in [-0.15, -0.1) is 0 Å². The van der Waals surface area contributed by atoms with E-state index in [1.165, 1.54) is 0 Å². The summed E-state index contributed by atoms with van der Waals surface area (Å²) >= 11 is 8.24. The molecule has 57 valence electrons. The molecule has 0 aromatic carbocycles. The summed E-state index contributed by atoms with van der Waals surface area (Å²) in [6.07, 6.45) is 0.859. The van der Waals surface area contributed by atoms with Crippen molar-refractivity contribution in [2.45, 2.75) is 26.4 Å². The van der Waals surface area contributed by atoms with Crippen molar-refractivity contribution in [2.75, 3.05) is 0 Å². The third kappa shape index (κ3) is 9.92. The van der Waals surface area contributed by atoms with Crippen LogP contribution in [0.3, 0.4) is 0 Å². The van der Waals surface area contributed by atoms with Gasteiger partial charge in [-0.1, -0.05) is 19.2 Å². The second-order valence-electron chi connectivity index (χ2n) is 1.81. The summed E-state index contributed by atoms with van der Waals surface area (Å²) in [5, 5.41) is 0. The van der Waals surface area contributed by atoms with Crippen molar-refractivity contribution in [3.05, 3.63) is 0 Å². The third-order valence-corrected chi connectivity index (χ3v) is 2.07. The maximum atomic E-state index is 8.89. The molecule has 2 atom stereocenters. The van der Waals surface area contributed by atoms with E-state index in [2.05, 4.69) is 24.1 Å². The van der Waals surface area contributed by atoms with E-state index in [-0.39, 0.29) is 35.7 Å². The molecule has 0 spiro atoms. The molecule has 1 radical (unpaired) electrons. The van der Waals surface area contributed by atoms with Crippen molar-refractivity contribution in [1.29, 1.82) is 0 Å². The molecule has 0 aromatic heterocycles. The molecule has 0 rings (SSSR count). The topological polar surface area (TPSA) is 29.5 Å². The SMILES string of the molecule is CCC(C)OP(O)(=S)S.[Na]. The van der Waals surface area contributed by atoms with Crippen LogP contribution in [0.4, 0.5) is 0 Å². The van der Waals surface area contributed by atoms with Crippen LogP contribution in [-0.2, 0) is 16.3 Å². The second kappa shape index (κ2) is 6.44. The van der Waals surface area contributed by atoms with E-state index in [0.29, 0.717) is 0 Å². The van der Waals surface area contributed by atoms with Crippen LogP contribution in [-0.4, -0.2) is 40.6 Å². The standard InChI is InChI=1S/C4H11O2PS2.Na/c1-3-4(2)6-7(5,8)9;/h4H,3H2,1-2H3,(H2,5,8,9);. The number of hydrogen-bond donors (Lipinski definition) is 2. The molecule has 2 unspecified atom stereocenters. The summed E-state index contributed by atoms with van der Waals surface area (Å²) < 4.78 is 4.93. The van der Waals surface area contributed by atoms with E-state index in [1.54, 1.807) is 0 Å². The number of hydrogen-bond acceptors (Lipinski definition) is 2. The molecule has 10 heavy (non-hydrogen) atoms. The summed E-state index contributed by atoms with van der Waals surface area (Å²) in [6.45, 7) is 3.82. The van der Waals surface area contributed by atoms with Crippen LogP contribution < -0.4 is 0 Å². The molecule has 0 saturated carbocycles. The Balaban J connectivity index is 0. The molecule has 1 N–H and O–H groups in total. The average Bonchev–Trinajstić information content (AvgIpc) is 1.62. The van der Waals surface area contributed by atoms with Gasteiger partial charge in [0.1, 0.15) is 0 Å². The van der Waals surface area contributed by atoms with Gasteiger partial charge in [0.25, 0.3) is 0 Å². The number of thiol groups is 1. The largest absolute Gasteiger partial charge is 0.338 e. The van der Waals surface area contributed by atoms with Crippen molar-refractivity contribution < 1.29 is 9.42 Å². The number of rotatable bonds is 3. The molecule has 0 aliphatic heterocycles. The van der Waals surface area contributed by atoms with Gasteiger partial charge in [-0.3, -0.25) is 0 Å². The molecule has 2 nitrogen and oxygen atoms in total. The zero-order chi connectivity index (χ0) is 7.49. The van der Waals surface area contributed by atoms with Crippen LogP contribution in [0.15, 0.2) is 0 Å². The van der Waals surface area contributed by atoms with E-state index in [9.17, 15) is 0 Å². The molecular weight excluding hydrogens is 198 g/mol. The zero-order valence-corrected chi connectivity index (χ0v) is 11.0. The van der Waals surface area contributed by atoms with Gasteiger partial charge in [0, 0.05) is 29.6 Å². The zero-order valence-electron chi connectivity index (χ0n) is 6.44. The first-order valence-corrected chi connectivity index (χ1v) is 6.52. The van der Waals surface area contributed by atoms with Gasteiger partial charge in [-0.25, -0.2) is 0 Å². The molecule has 0 aliphatic carbocycles. The van der Waals surface area contributed by atoms with Crippen molar-refractivity contribution in [2.24, 2.45) is 0 Å². The summed E-state index contributed by atoms with van der Waals surface area (Å²) in [7, 11) is 0. The summed E-state index contributed by atoms with van der Waals surface area (Å²) in [5.74, 6) is 0. The van der Waals surface area contributed by atoms with Crippen LogP contribution in [0, 0.1) is 0 Å². The maximum absolute atomic E-state index is 8.89. The predicted molar refractivity (Wildman–Crippen MR) is 52.1 cm³/mol. The molecule has 0 aromatic rings. The van der Waals surface area contributed by atoms with E-state index in [1.807, 2.05) is 13.8 Å². The molecule has 0 aliphatic rings. The molecule has 0 bridgehead atoms. The van der Waals surface area contributed by atoms with E-state index in [0.717, 1.165) is 6.42 Å². The quantitative estimate of drug-likeness (QED) is 0.420. The molecule has 0 saturated heterocycles. The van der Waals surface area contributed by atoms with E-state index >= 15 is 0 Å². The van der Waals surface area contributed by atoms with Gasteiger partial charge in [-0.05, 0) is 25.2 Å².